The van der Waals surface area contributed by atoms with E-state index in [1.165, 1.54) is 19.1 Å². The summed E-state index contributed by atoms with van der Waals surface area (Å²) < 4.78 is 24.8. The maximum atomic E-state index is 12.4. The fourth-order valence-corrected chi connectivity index (χ4v) is 1.21. The van der Waals surface area contributed by atoms with Crippen molar-refractivity contribution in [1.82, 2.24) is 0 Å². The van der Waals surface area contributed by atoms with Crippen molar-refractivity contribution in [3.8, 4) is 0 Å². The van der Waals surface area contributed by atoms with Crippen molar-refractivity contribution in [2.45, 2.75) is 13.3 Å². The molecule has 0 unspecified atom stereocenters. The number of benzene rings is 1. The number of aldehydes is 1. The second-order valence-corrected chi connectivity index (χ2v) is 2.78. The number of halogens is 2. The van der Waals surface area contributed by atoms with Crippen LogP contribution >= 0.6 is 0 Å². The van der Waals surface area contributed by atoms with E-state index >= 15 is 0 Å². The van der Waals surface area contributed by atoms with Crippen molar-refractivity contribution >= 4 is 12.1 Å². The minimum Gasteiger partial charge on any atom is -0.298 e. The predicted molar refractivity (Wildman–Crippen MR) is 46.8 cm³/mol. The second-order valence-electron chi connectivity index (χ2n) is 2.78. The monoisotopic (exact) mass is 198 g/mol. The molecule has 0 atom stereocenters. The van der Waals surface area contributed by atoms with Gasteiger partial charge in [0.05, 0.1) is 0 Å². The number of rotatable bonds is 3. The second kappa shape index (κ2) is 4.09. The highest BCUT2D eigenvalue weighted by atomic mass is 19.3. The molecule has 0 aliphatic carbocycles. The first-order valence-electron chi connectivity index (χ1n) is 3.95. The molecule has 14 heavy (non-hydrogen) atoms. The van der Waals surface area contributed by atoms with Gasteiger partial charge in [0.1, 0.15) is 0 Å². The minimum atomic E-state index is -2.74. The van der Waals surface area contributed by atoms with E-state index in [1.54, 1.807) is 0 Å². The molecule has 0 aliphatic rings. The van der Waals surface area contributed by atoms with Crippen LogP contribution in [-0.4, -0.2) is 12.1 Å². The van der Waals surface area contributed by atoms with Crippen LogP contribution in [0.1, 0.15) is 39.6 Å². The zero-order chi connectivity index (χ0) is 10.7. The first-order chi connectivity index (χ1) is 6.57. The average Bonchev–Trinajstić information content (AvgIpc) is 2.16. The Balaban J connectivity index is 3.39. The largest absolute Gasteiger partial charge is 0.298 e. The summed E-state index contributed by atoms with van der Waals surface area (Å²) in [4.78, 5) is 21.6. The molecule has 74 valence electrons. The molecule has 0 fully saturated rings. The van der Waals surface area contributed by atoms with E-state index in [0.29, 0.717) is 0 Å². The fraction of sp³-hybridized carbons (Fsp3) is 0.200. The Kier molecular flexibility index (Phi) is 3.06. The Morgan fingerprint density at radius 1 is 1.43 bits per heavy atom. The van der Waals surface area contributed by atoms with E-state index in [4.69, 9.17) is 0 Å². The third-order valence-corrected chi connectivity index (χ3v) is 1.87. The lowest BCUT2D eigenvalue weighted by Gasteiger charge is -2.06. The van der Waals surface area contributed by atoms with Crippen LogP contribution in [0, 0.1) is 0 Å². The highest BCUT2D eigenvalue weighted by Gasteiger charge is 2.17. The molecular weight excluding hydrogens is 190 g/mol. The Labute approximate surface area is 79.5 Å². The summed E-state index contributed by atoms with van der Waals surface area (Å²) in [6.07, 6.45) is -2.45. The zero-order valence-corrected chi connectivity index (χ0v) is 7.46. The topological polar surface area (TPSA) is 34.1 Å². The van der Waals surface area contributed by atoms with Gasteiger partial charge in [0, 0.05) is 16.7 Å². The van der Waals surface area contributed by atoms with Gasteiger partial charge in [0.25, 0.3) is 6.43 Å². The van der Waals surface area contributed by atoms with Gasteiger partial charge in [-0.15, -0.1) is 0 Å². The Morgan fingerprint density at radius 3 is 2.50 bits per heavy atom. The number of ketones is 1. The van der Waals surface area contributed by atoms with Crippen LogP contribution in [0.2, 0.25) is 0 Å². The summed E-state index contributed by atoms with van der Waals surface area (Å²) >= 11 is 0. The van der Waals surface area contributed by atoms with E-state index in [9.17, 15) is 18.4 Å². The van der Waals surface area contributed by atoms with Crippen molar-refractivity contribution in [3.63, 3.8) is 0 Å². The molecule has 0 saturated heterocycles. The van der Waals surface area contributed by atoms with Gasteiger partial charge in [0.2, 0.25) is 0 Å². The maximum absolute atomic E-state index is 12.4. The summed E-state index contributed by atoms with van der Waals surface area (Å²) in [6.45, 7) is 1.23. The molecule has 0 amide bonds. The summed E-state index contributed by atoms with van der Waals surface area (Å²) in [5.41, 5.74) is -0.569. The van der Waals surface area contributed by atoms with Gasteiger partial charge in [-0.2, -0.15) is 0 Å². The van der Waals surface area contributed by atoms with Crippen molar-refractivity contribution in [1.29, 1.82) is 0 Å². The number of alkyl halides is 2. The lowest BCUT2D eigenvalue weighted by atomic mass is 10.00. The van der Waals surface area contributed by atoms with Crippen molar-refractivity contribution < 1.29 is 18.4 Å². The van der Waals surface area contributed by atoms with Crippen LogP contribution in [0.15, 0.2) is 18.2 Å². The van der Waals surface area contributed by atoms with E-state index < -0.39 is 17.8 Å². The lowest BCUT2D eigenvalue weighted by Crippen LogP contribution is -2.03. The molecule has 0 heterocycles. The Morgan fingerprint density at radius 2 is 2.07 bits per heavy atom. The lowest BCUT2D eigenvalue weighted by molar-refractivity contribution is 0.100. The highest BCUT2D eigenvalue weighted by molar-refractivity contribution is 6.02. The molecule has 1 rings (SSSR count). The van der Waals surface area contributed by atoms with Crippen molar-refractivity contribution in [2.75, 3.05) is 0 Å². The number of carbonyl (C=O) groups is 2. The van der Waals surface area contributed by atoms with E-state index in [1.807, 2.05) is 0 Å². The van der Waals surface area contributed by atoms with Crippen LogP contribution in [0.25, 0.3) is 0 Å². The first kappa shape index (κ1) is 10.5. The summed E-state index contributed by atoms with van der Waals surface area (Å²) in [7, 11) is 0. The van der Waals surface area contributed by atoms with Crippen molar-refractivity contribution in [2.24, 2.45) is 0 Å². The quantitative estimate of drug-likeness (QED) is 0.552. The molecule has 0 spiro atoms. The third kappa shape index (κ3) is 1.84. The molecule has 0 radical (unpaired) electrons. The normalized spacial score (nSPS) is 10.3. The van der Waals surface area contributed by atoms with Gasteiger partial charge in [-0.3, -0.25) is 9.59 Å². The third-order valence-electron chi connectivity index (χ3n) is 1.87. The highest BCUT2D eigenvalue weighted by Crippen LogP contribution is 2.24. The van der Waals surface area contributed by atoms with Gasteiger partial charge in [-0.1, -0.05) is 18.2 Å². The molecule has 0 N–H and O–H groups in total. The van der Waals surface area contributed by atoms with E-state index in [0.717, 1.165) is 6.07 Å². The summed E-state index contributed by atoms with van der Waals surface area (Å²) in [6, 6.07) is 3.84. The molecule has 1 aromatic rings. The van der Waals surface area contributed by atoms with Crippen LogP contribution in [0.5, 0.6) is 0 Å². The van der Waals surface area contributed by atoms with Crippen LogP contribution in [0.4, 0.5) is 8.78 Å². The molecule has 2 nitrogen and oxygen atoms in total. The van der Waals surface area contributed by atoms with E-state index in [-0.39, 0.29) is 17.4 Å². The number of carbonyl (C=O) groups excluding carboxylic acids is 2. The fourth-order valence-electron chi connectivity index (χ4n) is 1.21. The molecule has 0 aliphatic heterocycles. The van der Waals surface area contributed by atoms with Gasteiger partial charge >= 0.3 is 0 Å². The summed E-state index contributed by atoms with van der Waals surface area (Å²) in [5, 5.41) is 0. The molecular formula is C10H8F2O2. The standard InChI is InChI=1S/C10H8F2O2/c1-6(14)7-3-2-4-8(10(11)12)9(7)5-13/h2-5,10H,1H3. The van der Waals surface area contributed by atoms with Gasteiger partial charge in [0.15, 0.2) is 12.1 Å². The van der Waals surface area contributed by atoms with Gasteiger partial charge < -0.3 is 0 Å². The predicted octanol–water partition coefficient (Wildman–Crippen LogP) is 2.64. The number of Topliss-reactive ketones (excluding diaryl/α,β-unsaturated/α-hetero) is 1. The Bertz CT molecular complexity index is 372. The number of hydrogen-bond donors (Lipinski definition) is 0. The smallest absolute Gasteiger partial charge is 0.264 e. The molecule has 4 heteroatoms. The molecule has 0 aromatic heterocycles. The Hall–Kier alpha value is -1.58. The van der Waals surface area contributed by atoms with Gasteiger partial charge in [-0.05, 0) is 6.92 Å². The summed E-state index contributed by atoms with van der Waals surface area (Å²) in [5.74, 6) is -0.394. The molecule has 0 saturated carbocycles. The molecule has 0 bridgehead atoms. The van der Waals surface area contributed by atoms with E-state index in [2.05, 4.69) is 0 Å². The molecule has 1 aromatic carbocycles. The SMILES string of the molecule is CC(=O)c1cccc(C(F)F)c1C=O. The average molecular weight is 198 g/mol. The minimum absolute atomic E-state index is 0.0396. The van der Waals surface area contributed by atoms with Crippen LogP contribution in [-0.2, 0) is 0 Å². The van der Waals surface area contributed by atoms with Crippen LogP contribution in [0.3, 0.4) is 0 Å². The zero-order valence-electron chi connectivity index (χ0n) is 7.46. The van der Waals surface area contributed by atoms with Crippen molar-refractivity contribution in [3.05, 3.63) is 34.9 Å². The van der Waals surface area contributed by atoms with Gasteiger partial charge in [-0.25, -0.2) is 8.78 Å². The maximum Gasteiger partial charge on any atom is 0.264 e. The first-order valence-corrected chi connectivity index (χ1v) is 3.95. The number of hydrogen-bond acceptors (Lipinski definition) is 2. The van der Waals surface area contributed by atoms with Crippen LogP contribution < -0.4 is 0 Å².